The summed E-state index contributed by atoms with van der Waals surface area (Å²) in [6, 6.07) is 3.12. The van der Waals surface area contributed by atoms with Crippen LogP contribution >= 0.6 is 0 Å². The van der Waals surface area contributed by atoms with Crippen LogP contribution in [0.3, 0.4) is 0 Å². The van der Waals surface area contributed by atoms with Gasteiger partial charge in [-0.3, -0.25) is 14.9 Å². The average Bonchev–Trinajstić information content (AvgIpc) is 2.79. The maximum atomic E-state index is 12.4. The van der Waals surface area contributed by atoms with E-state index in [1.165, 1.54) is 25.1 Å². The van der Waals surface area contributed by atoms with Gasteiger partial charge in [0.2, 0.25) is 0 Å². The Kier molecular flexibility index (Phi) is 3.90. The number of amides is 1. The maximum Gasteiger partial charge on any atom is 0.326 e. The van der Waals surface area contributed by atoms with Crippen molar-refractivity contribution in [1.82, 2.24) is 4.90 Å². The van der Waals surface area contributed by atoms with E-state index in [2.05, 4.69) is 0 Å². The average molecular weight is 294 g/mol. The van der Waals surface area contributed by atoms with Gasteiger partial charge < -0.3 is 15.1 Å². The lowest BCUT2D eigenvalue weighted by Crippen LogP contribution is -2.40. The number of hydrogen-bond donors (Lipinski definition) is 2. The van der Waals surface area contributed by atoms with E-state index < -0.39 is 28.9 Å². The van der Waals surface area contributed by atoms with E-state index in [1.807, 2.05) is 0 Å². The van der Waals surface area contributed by atoms with E-state index in [4.69, 9.17) is 5.11 Å². The van der Waals surface area contributed by atoms with Gasteiger partial charge in [0.15, 0.2) is 0 Å². The van der Waals surface area contributed by atoms with Crippen LogP contribution in [0.2, 0.25) is 0 Å². The second-order valence-corrected chi connectivity index (χ2v) is 4.93. The number of carboxylic acid groups (broad SMARTS) is 1. The number of nitrogens with zero attached hydrogens (tertiary/aromatic N) is 2. The molecular weight excluding hydrogens is 280 g/mol. The number of carbonyl (C=O) groups is 2. The predicted octanol–water partition coefficient (Wildman–Crippen LogP) is 0.563. The Morgan fingerprint density at radius 3 is 2.67 bits per heavy atom. The lowest BCUT2D eigenvalue weighted by Gasteiger charge is -2.21. The Bertz CT molecular complexity index is 615. The molecule has 1 aromatic carbocycles. The van der Waals surface area contributed by atoms with Crippen LogP contribution in [0.1, 0.15) is 22.3 Å². The molecule has 8 heteroatoms. The molecule has 0 aromatic heterocycles. The first-order valence-electron chi connectivity index (χ1n) is 6.28. The van der Waals surface area contributed by atoms with Crippen molar-refractivity contribution in [2.24, 2.45) is 0 Å². The Morgan fingerprint density at radius 1 is 1.43 bits per heavy atom. The van der Waals surface area contributed by atoms with Crippen LogP contribution in [0.4, 0.5) is 5.69 Å². The molecule has 21 heavy (non-hydrogen) atoms. The number of aliphatic carboxylic acids is 1. The van der Waals surface area contributed by atoms with Gasteiger partial charge in [0.1, 0.15) is 11.6 Å². The number of β-amino-alcohol motifs (C(OH)–C–C–N with tert-alkyl or cyclic N) is 1. The lowest BCUT2D eigenvalue weighted by atomic mass is 10.1. The highest BCUT2D eigenvalue weighted by Crippen LogP contribution is 2.27. The molecule has 0 aliphatic carbocycles. The summed E-state index contributed by atoms with van der Waals surface area (Å²) in [7, 11) is 0. The van der Waals surface area contributed by atoms with Crippen molar-refractivity contribution in [1.29, 1.82) is 0 Å². The van der Waals surface area contributed by atoms with Crippen LogP contribution in [0, 0.1) is 17.0 Å². The third-order valence-corrected chi connectivity index (χ3v) is 3.48. The molecule has 0 saturated carbocycles. The number of nitro groups is 1. The van der Waals surface area contributed by atoms with E-state index in [0.717, 1.165) is 4.90 Å². The molecule has 8 nitrogen and oxygen atoms in total. The summed E-state index contributed by atoms with van der Waals surface area (Å²) < 4.78 is 0. The number of carbonyl (C=O) groups excluding carboxylic acids is 1. The standard InChI is InChI=1S/C13H14N2O6/c1-7-3-2-4-9(11(7)15(20)21)12(17)14-6-8(16)5-10(14)13(18)19/h2-4,8,10,16H,5-6H2,1H3,(H,18,19)/t8-,10-/m1/s1. The number of nitro benzene ring substituents is 1. The number of carboxylic acids is 1. The highest BCUT2D eigenvalue weighted by Gasteiger charge is 2.41. The van der Waals surface area contributed by atoms with Gasteiger partial charge in [0.25, 0.3) is 11.6 Å². The number of aliphatic hydroxyl groups is 1. The molecule has 1 aliphatic rings. The molecule has 1 heterocycles. The van der Waals surface area contributed by atoms with E-state index in [0.29, 0.717) is 5.56 Å². The summed E-state index contributed by atoms with van der Waals surface area (Å²) in [6.07, 6.45) is -1.03. The minimum Gasteiger partial charge on any atom is -0.480 e. The summed E-state index contributed by atoms with van der Waals surface area (Å²) in [5.41, 5.74) is -0.189. The van der Waals surface area contributed by atoms with Gasteiger partial charge in [-0.05, 0) is 13.0 Å². The van der Waals surface area contributed by atoms with Crippen molar-refractivity contribution in [3.63, 3.8) is 0 Å². The van der Waals surface area contributed by atoms with Gasteiger partial charge >= 0.3 is 5.97 Å². The number of benzene rings is 1. The molecule has 1 aromatic rings. The molecular formula is C13H14N2O6. The summed E-state index contributed by atoms with van der Waals surface area (Å²) in [5, 5.41) is 29.8. The highest BCUT2D eigenvalue weighted by atomic mass is 16.6. The minimum atomic E-state index is -1.24. The molecule has 2 rings (SSSR count). The van der Waals surface area contributed by atoms with Crippen molar-refractivity contribution < 1.29 is 24.7 Å². The lowest BCUT2D eigenvalue weighted by molar-refractivity contribution is -0.385. The molecule has 0 bridgehead atoms. The molecule has 1 saturated heterocycles. The van der Waals surface area contributed by atoms with Gasteiger partial charge in [0.05, 0.1) is 11.0 Å². The quantitative estimate of drug-likeness (QED) is 0.620. The molecule has 2 N–H and O–H groups in total. The first-order chi connectivity index (χ1) is 9.82. The van der Waals surface area contributed by atoms with E-state index in [9.17, 15) is 24.8 Å². The minimum absolute atomic E-state index is 0.0827. The monoisotopic (exact) mass is 294 g/mol. The second kappa shape index (κ2) is 5.49. The van der Waals surface area contributed by atoms with Gasteiger partial charge in [-0.25, -0.2) is 4.79 Å². The van der Waals surface area contributed by atoms with Gasteiger partial charge in [-0.2, -0.15) is 0 Å². The normalized spacial score (nSPS) is 21.3. The number of likely N-dealkylation sites (tertiary alicyclic amines) is 1. The smallest absolute Gasteiger partial charge is 0.326 e. The van der Waals surface area contributed by atoms with Crippen LogP contribution in [0.5, 0.6) is 0 Å². The van der Waals surface area contributed by atoms with Crippen molar-refractivity contribution in [3.8, 4) is 0 Å². The van der Waals surface area contributed by atoms with Crippen molar-refractivity contribution in [3.05, 3.63) is 39.4 Å². The largest absolute Gasteiger partial charge is 0.480 e. The van der Waals surface area contributed by atoms with Crippen molar-refractivity contribution in [2.45, 2.75) is 25.5 Å². The SMILES string of the molecule is Cc1cccc(C(=O)N2C[C@H](O)C[C@@H]2C(=O)O)c1[N+](=O)[O-]. The molecule has 0 spiro atoms. The van der Waals surface area contributed by atoms with Gasteiger partial charge in [-0.15, -0.1) is 0 Å². The van der Waals surface area contributed by atoms with Gasteiger partial charge in [0, 0.05) is 18.5 Å². The predicted molar refractivity (Wildman–Crippen MR) is 70.9 cm³/mol. The van der Waals surface area contributed by atoms with Crippen molar-refractivity contribution >= 4 is 17.6 Å². The number of hydrogen-bond acceptors (Lipinski definition) is 5. The Hall–Kier alpha value is -2.48. The maximum absolute atomic E-state index is 12.4. The number of aryl methyl sites for hydroxylation is 1. The van der Waals surface area contributed by atoms with Crippen LogP contribution < -0.4 is 0 Å². The fourth-order valence-electron chi connectivity index (χ4n) is 2.50. The number of para-hydroxylation sites is 1. The van der Waals surface area contributed by atoms with Crippen LogP contribution in [0.25, 0.3) is 0 Å². The molecule has 112 valence electrons. The molecule has 1 fully saturated rings. The summed E-state index contributed by atoms with van der Waals surface area (Å²) in [5.74, 6) is -2.00. The fourth-order valence-corrected chi connectivity index (χ4v) is 2.50. The zero-order valence-corrected chi connectivity index (χ0v) is 11.2. The number of rotatable bonds is 3. The molecule has 1 aliphatic heterocycles. The summed E-state index contributed by atoms with van der Waals surface area (Å²) in [4.78, 5) is 35.0. The molecule has 2 atom stereocenters. The Labute approximate surface area is 119 Å². The zero-order valence-electron chi connectivity index (χ0n) is 11.2. The van der Waals surface area contributed by atoms with Crippen molar-refractivity contribution in [2.75, 3.05) is 6.54 Å². The molecule has 1 amide bonds. The summed E-state index contributed by atoms with van der Waals surface area (Å²) >= 11 is 0. The van der Waals surface area contributed by atoms with Crippen LogP contribution in [-0.2, 0) is 4.79 Å². The fraction of sp³-hybridized carbons (Fsp3) is 0.385. The number of aliphatic hydroxyl groups excluding tert-OH is 1. The van der Waals surface area contributed by atoms with Crippen LogP contribution in [-0.4, -0.2) is 50.6 Å². The second-order valence-electron chi connectivity index (χ2n) is 4.93. The van der Waals surface area contributed by atoms with E-state index in [1.54, 1.807) is 0 Å². The third kappa shape index (κ3) is 2.70. The Morgan fingerprint density at radius 2 is 2.10 bits per heavy atom. The first-order valence-corrected chi connectivity index (χ1v) is 6.28. The van der Waals surface area contributed by atoms with Crippen LogP contribution in [0.15, 0.2) is 18.2 Å². The first kappa shape index (κ1) is 14.9. The molecule has 0 radical (unpaired) electrons. The summed E-state index contributed by atoms with van der Waals surface area (Å²) in [6.45, 7) is 1.35. The topological polar surface area (TPSA) is 121 Å². The van der Waals surface area contributed by atoms with E-state index in [-0.39, 0.29) is 24.2 Å². The highest BCUT2D eigenvalue weighted by molar-refractivity contribution is 6.00. The zero-order chi connectivity index (χ0) is 15.7. The Balaban J connectivity index is 2.43. The molecule has 0 unspecified atom stereocenters. The van der Waals surface area contributed by atoms with Gasteiger partial charge in [-0.1, -0.05) is 12.1 Å². The van der Waals surface area contributed by atoms with E-state index >= 15 is 0 Å². The third-order valence-electron chi connectivity index (χ3n) is 3.48.